The maximum Gasteiger partial charge on any atom is 0.330 e. The van der Waals surface area contributed by atoms with Crippen LogP contribution >= 0.6 is 0 Å². The van der Waals surface area contributed by atoms with Crippen LogP contribution in [0, 0.1) is 10.8 Å². The monoisotopic (exact) mass is 264 g/mol. The summed E-state index contributed by atoms with van der Waals surface area (Å²) < 4.78 is 0. The van der Waals surface area contributed by atoms with Crippen molar-refractivity contribution in [2.24, 2.45) is 10.8 Å². The van der Waals surface area contributed by atoms with Crippen LogP contribution in [0.2, 0.25) is 0 Å². The highest BCUT2D eigenvalue weighted by Gasteiger charge is 2.58. The average molecular weight is 264 g/mol. The third-order valence-electron chi connectivity index (χ3n) is 5.42. The summed E-state index contributed by atoms with van der Waals surface area (Å²) in [6, 6.07) is -0.521. The number of amides is 4. The van der Waals surface area contributed by atoms with Gasteiger partial charge in [-0.2, -0.15) is 0 Å². The number of carbonyl (C=O) groups is 3. The Balaban J connectivity index is 1.82. The lowest BCUT2D eigenvalue weighted by molar-refractivity contribution is -0.159. The summed E-state index contributed by atoms with van der Waals surface area (Å²) in [7, 11) is 0. The zero-order valence-corrected chi connectivity index (χ0v) is 11.3. The van der Waals surface area contributed by atoms with Gasteiger partial charge in [0.2, 0.25) is 11.8 Å². The number of nitrogens with zero attached hydrogens (tertiary/aromatic N) is 1. The summed E-state index contributed by atoms with van der Waals surface area (Å²) in [4.78, 5) is 37.7. The highest BCUT2D eigenvalue weighted by atomic mass is 16.2. The molecule has 1 heterocycles. The standard InChI is InChI=1S/C14H20N2O3/c1-2-13(5-3-6-13)9-16-11(18)14(7-4-8-14)10(17)15-12(16)19/h2-9H2,1H3,(H,15,17,19). The van der Waals surface area contributed by atoms with Crippen molar-refractivity contribution in [3.05, 3.63) is 0 Å². The largest absolute Gasteiger partial charge is 0.330 e. The molecule has 0 radical (unpaired) electrons. The van der Waals surface area contributed by atoms with Crippen molar-refractivity contribution in [2.75, 3.05) is 6.54 Å². The molecular formula is C14H20N2O3. The van der Waals surface area contributed by atoms with E-state index < -0.39 is 11.4 Å². The van der Waals surface area contributed by atoms with Crippen molar-refractivity contribution in [1.29, 1.82) is 0 Å². The zero-order valence-electron chi connectivity index (χ0n) is 11.3. The van der Waals surface area contributed by atoms with Crippen LogP contribution < -0.4 is 5.32 Å². The first-order valence-corrected chi connectivity index (χ1v) is 7.20. The van der Waals surface area contributed by atoms with Crippen LogP contribution in [-0.2, 0) is 9.59 Å². The molecule has 1 aliphatic heterocycles. The molecule has 0 unspecified atom stereocenters. The van der Waals surface area contributed by atoms with E-state index in [9.17, 15) is 14.4 Å². The fourth-order valence-electron chi connectivity index (χ4n) is 3.48. The first-order valence-electron chi connectivity index (χ1n) is 7.20. The molecular weight excluding hydrogens is 244 g/mol. The number of barbiturate groups is 1. The summed E-state index contributed by atoms with van der Waals surface area (Å²) in [5.41, 5.74) is -0.828. The Bertz CT molecular complexity index is 444. The normalized spacial score (nSPS) is 27.8. The predicted octanol–water partition coefficient (Wildman–Crippen LogP) is 1.82. The van der Waals surface area contributed by atoms with E-state index in [2.05, 4.69) is 12.2 Å². The molecule has 3 aliphatic rings. The molecule has 0 aromatic carbocycles. The maximum atomic E-state index is 12.5. The second-order valence-electron chi connectivity index (χ2n) is 6.29. The highest BCUT2D eigenvalue weighted by molar-refractivity contribution is 6.19. The van der Waals surface area contributed by atoms with Crippen molar-refractivity contribution < 1.29 is 14.4 Å². The van der Waals surface area contributed by atoms with Crippen molar-refractivity contribution in [3.63, 3.8) is 0 Å². The minimum Gasteiger partial charge on any atom is -0.277 e. The minimum atomic E-state index is -0.924. The van der Waals surface area contributed by atoms with Crippen molar-refractivity contribution in [1.82, 2.24) is 10.2 Å². The van der Waals surface area contributed by atoms with Crippen LogP contribution in [0.4, 0.5) is 4.79 Å². The molecule has 2 saturated carbocycles. The lowest BCUT2D eigenvalue weighted by Gasteiger charge is -2.49. The molecule has 0 aromatic rings. The second-order valence-corrected chi connectivity index (χ2v) is 6.29. The van der Waals surface area contributed by atoms with E-state index in [1.54, 1.807) is 0 Å². The molecule has 0 bridgehead atoms. The van der Waals surface area contributed by atoms with Gasteiger partial charge in [-0.25, -0.2) is 4.79 Å². The summed E-state index contributed by atoms with van der Waals surface area (Å²) in [5.74, 6) is -0.642. The third kappa shape index (κ3) is 1.63. The minimum absolute atomic E-state index is 0.0956. The number of hydrogen-bond acceptors (Lipinski definition) is 3. The Morgan fingerprint density at radius 1 is 1.11 bits per heavy atom. The topological polar surface area (TPSA) is 66.5 Å². The summed E-state index contributed by atoms with van der Waals surface area (Å²) >= 11 is 0. The number of carbonyl (C=O) groups excluding carboxylic acids is 3. The fraction of sp³-hybridized carbons (Fsp3) is 0.786. The quantitative estimate of drug-likeness (QED) is 0.791. The van der Waals surface area contributed by atoms with Crippen LogP contribution in [0.3, 0.4) is 0 Å². The van der Waals surface area contributed by atoms with Crippen LogP contribution in [0.25, 0.3) is 0 Å². The zero-order chi connectivity index (χ0) is 13.7. The van der Waals surface area contributed by atoms with Gasteiger partial charge in [-0.1, -0.05) is 19.8 Å². The van der Waals surface area contributed by atoms with Gasteiger partial charge in [-0.05, 0) is 37.5 Å². The van der Waals surface area contributed by atoms with Gasteiger partial charge in [0.05, 0.1) is 0 Å². The van der Waals surface area contributed by atoms with Gasteiger partial charge in [-0.15, -0.1) is 0 Å². The van der Waals surface area contributed by atoms with Gasteiger partial charge in [0.25, 0.3) is 0 Å². The SMILES string of the molecule is CCC1(CN2C(=O)NC(=O)C3(CCC3)C2=O)CCC1. The molecule has 4 amide bonds. The van der Waals surface area contributed by atoms with E-state index in [-0.39, 0.29) is 17.2 Å². The van der Waals surface area contributed by atoms with Crippen LogP contribution in [-0.4, -0.2) is 29.3 Å². The van der Waals surface area contributed by atoms with Gasteiger partial charge in [0, 0.05) is 6.54 Å². The van der Waals surface area contributed by atoms with Gasteiger partial charge in [-0.3, -0.25) is 19.8 Å². The molecule has 0 aromatic heterocycles. The molecule has 0 atom stereocenters. The smallest absolute Gasteiger partial charge is 0.277 e. The van der Waals surface area contributed by atoms with Crippen LogP contribution in [0.15, 0.2) is 0 Å². The lowest BCUT2D eigenvalue weighted by Crippen LogP contribution is -2.67. The van der Waals surface area contributed by atoms with Crippen LogP contribution in [0.1, 0.15) is 51.9 Å². The van der Waals surface area contributed by atoms with Crippen molar-refractivity contribution >= 4 is 17.8 Å². The van der Waals surface area contributed by atoms with Crippen molar-refractivity contribution in [2.45, 2.75) is 51.9 Å². The molecule has 5 heteroatoms. The summed E-state index contributed by atoms with van der Waals surface area (Å²) in [6.45, 7) is 2.58. The third-order valence-corrected chi connectivity index (χ3v) is 5.42. The van der Waals surface area contributed by atoms with Gasteiger partial charge >= 0.3 is 6.03 Å². The first-order chi connectivity index (χ1) is 9.03. The second kappa shape index (κ2) is 4.05. The van der Waals surface area contributed by atoms with Gasteiger partial charge < -0.3 is 0 Å². The number of hydrogen-bond donors (Lipinski definition) is 1. The molecule has 1 N–H and O–H groups in total. The summed E-state index contributed by atoms with van der Waals surface area (Å²) in [6.07, 6.45) is 6.34. The number of urea groups is 1. The number of rotatable bonds is 3. The Labute approximate surface area is 112 Å². The van der Waals surface area contributed by atoms with Gasteiger partial charge in [0.15, 0.2) is 0 Å². The average Bonchev–Trinajstić information content (AvgIpc) is 2.25. The van der Waals surface area contributed by atoms with Crippen LogP contribution in [0.5, 0.6) is 0 Å². The molecule has 1 spiro atoms. The molecule has 5 nitrogen and oxygen atoms in total. The molecule has 104 valence electrons. The molecule has 19 heavy (non-hydrogen) atoms. The number of nitrogens with one attached hydrogen (secondary N) is 1. The molecule has 2 aliphatic carbocycles. The lowest BCUT2D eigenvalue weighted by atomic mass is 9.64. The van der Waals surface area contributed by atoms with Crippen molar-refractivity contribution in [3.8, 4) is 0 Å². The summed E-state index contributed by atoms with van der Waals surface area (Å²) in [5, 5.41) is 2.37. The number of imide groups is 2. The van der Waals surface area contributed by atoms with E-state index in [0.717, 1.165) is 25.7 Å². The molecule has 3 fully saturated rings. The Kier molecular flexibility index (Phi) is 2.69. The predicted molar refractivity (Wildman–Crippen MR) is 68.1 cm³/mol. The van der Waals surface area contributed by atoms with E-state index in [4.69, 9.17) is 0 Å². The molecule has 1 saturated heterocycles. The van der Waals surface area contributed by atoms with E-state index in [1.165, 1.54) is 11.3 Å². The molecule has 3 rings (SSSR count). The Hall–Kier alpha value is -1.39. The highest BCUT2D eigenvalue weighted by Crippen LogP contribution is 2.48. The first kappa shape index (κ1) is 12.6. The van der Waals surface area contributed by atoms with Gasteiger partial charge in [0.1, 0.15) is 5.41 Å². The maximum absolute atomic E-state index is 12.5. The Morgan fingerprint density at radius 2 is 1.74 bits per heavy atom. The fourth-order valence-corrected chi connectivity index (χ4v) is 3.48. The van der Waals surface area contributed by atoms with E-state index in [1.807, 2.05) is 0 Å². The Morgan fingerprint density at radius 3 is 2.16 bits per heavy atom. The van der Waals surface area contributed by atoms with E-state index >= 15 is 0 Å². The van der Waals surface area contributed by atoms with E-state index in [0.29, 0.717) is 19.4 Å².